The molecule has 0 bridgehead atoms. The predicted molar refractivity (Wildman–Crippen MR) is 75.5 cm³/mol. The monoisotopic (exact) mass is 277 g/mol. The second kappa shape index (κ2) is 7.43. The van der Waals surface area contributed by atoms with Crippen LogP contribution >= 0.6 is 0 Å². The van der Waals surface area contributed by atoms with Crippen LogP contribution in [0.3, 0.4) is 0 Å². The van der Waals surface area contributed by atoms with E-state index in [1.54, 1.807) is 25.1 Å². The zero-order chi connectivity index (χ0) is 15.1. The predicted octanol–water partition coefficient (Wildman–Crippen LogP) is 2.42. The third-order valence-electron chi connectivity index (χ3n) is 2.48. The van der Waals surface area contributed by atoms with Crippen LogP contribution in [0.25, 0.3) is 0 Å². The molecule has 5 heteroatoms. The molecule has 0 fully saturated rings. The minimum atomic E-state index is -0.667. The second-order valence-corrected chi connectivity index (χ2v) is 4.78. The molecule has 0 atom stereocenters. The first kappa shape index (κ1) is 15.9. The maximum Gasteiger partial charge on any atom is 0.338 e. The van der Waals surface area contributed by atoms with Gasteiger partial charge >= 0.3 is 5.97 Å². The van der Waals surface area contributed by atoms with Crippen molar-refractivity contribution in [3.8, 4) is 0 Å². The minimum Gasteiger partial charge on any atom is -0.462 e. The van der Waals surface area contributed by atoms with E-state index in [2.05, 4.69) is 5.32 Å². The molecular formula is C15H19NO4. The summed E-state index contributed by atoms with van der Waals surface area (Å²) in [5.74, 6) is -1.47. The summed E-state index contributed by atoms with van der Waals surface area (Å²) in [5.41, 5.74) is 0.735. The van der Waals surface area contributed by atoms with Crippen LogP contribution in [0.2, 0.25) is 0 Å². The number of anilines is 1. The van der Waals surface area contributed by atoms with E-state index >= 15 is 0 Å². The van der Waals surface area contributed by atoms with Crippen LogP contribution in [0, 0.1) is 5.92 Å². The molecule has 0 aliphatic carbocycles. The lowest BCUT2D eigenvalue weighted by molar-refractivity contribution is -0.135. The van der Waals surface area contributed by atoms with Gasteiger partial charge in [0.2, 0.25) is 5.78 Å². The second-order valence-electron chi connectivity index (χ2n) is 4.78. The number of rotatable bonds is 6. The van der Waals surface area contributed by atoms with Gasteiger partial charge in [-0.25, -0.2) is 4.79 Å². The van der Waals surface area contributed by atoms with E-state index in [0.29, 0.717) is 11.3 Å². The van der Waals surface area contributed by atoms with Gasteiger partial charge in [-0.15, -0.1) is 0 Å². The summed E-state index contributed by atoms with van der Waals surface area (Å²) in [4.78, 5) is 34.8. The first-order chi connectivity index (χ1) is 9.43. The zero-order valence-corrected chi connectivity index (χ0v) is 11.9. The fraction of sp³-hybridized carbons (Fsp3) is 0.400. The lowest BCUT2D eigenvalue weighted by Crippen LogP contribution is -2.24. The molecule has 0 aliphatic heterocycles. The summed E-state index contributed by atoms with van der Waals surface area (Å²) in [6, 6.07) is 6.31. The Labute approximate surface area is 118 Å². The molecule has 0 aliphatic rings. The van der Waals surface area contributed by atoms with Gasteiger partial charge < -0.3 is 10.1 Å². The maximum absolute atomic E-state index is 11.7. The number of amides is 1. The van der Waals surface area contributed by atoms with Gasteiger partial charge in [0.25, 0.3) is 5.91 Å². The molecule has 20 heavy (non-hydrogen) atoms. The molecule has 1 aromatic rings. The van der Waals surface area contributed by atoms with Gasteiger partial charge in [-0.05, 0) is 31.0 Å². The molecule has 1 amide bonds. The molecule has 0 spiro atoms. The Bertz CT molecular complexity index is 508. The number of carbonyl (C=O) groups excluding carboxylic acids is 3. The fourth-order valence-corrected chi connectivity index (χ4v) is 1.60. The maximum atomic E-state index is 11.7. The molecule has 0 saturated heterocycles. The van der Waals surface area contributed by atoms with Gasteiger partial charge in [-0.1, -0.05) is 19.9 Å². The van der Waals surface area contributed by atoms with Crippen molar-refractivity contribution < 1.29 is 19.1 Å². The Balaban J connectivity index is 2.73. The first-order valence-electron chi connectivity index (χ1n) is 6.55. The van der Waals surface area contributed by atoms with Gasteiger partial charge in [-0.2, -0.15) is 0 Å². The van der Waals surface area contributed by atoms with Gasteiger partial charge in [0, 0.05) is 12.1 Å². The first-order valence-corrected chi connectivity index (χ1v) is 6.55. The number of benzene rings is 1. The smallest absolute Gasteiger partial charge is 0.338 e. The van der Waals surface area contributed by atoms with Crippen LogP contribution in [-0.4, -0.2) is 24.3 Å². The third kappa shape index (κ3) is 4.84. The molecule has 5 nitrogen and oxygen atoms in total. The highest BCUT2D eigenvalue weighted by atomic mass is 16.5. The van der Waals surface area contributed by atoms with Gasteiger partial charge in [0.1, 0.15) is 0 Å². The molecule has 0 unspecified atom stereocenters. The molecule has 1 aromatic carbocycles. The van der Waals surface area contributed by atoms with Gasteiger partial charge in [-0.3, -0.25) is 9.59 Å². The van der Waals surface area contributed by atoms with Crippen LogP contribution in [0.5, 0.6) is 0 Å². The molecule has 1 rings (SSSR count). The topological polar surface area (TPSA) is 72.5 Å². The van der Waals surface area contributed by atoms with Crippen molar-refractivity contribution in [3.05, 3.63) is 29.8 Å². The van der Waals surface area contributed by atoms with E-state index in [-0.39, 0.29) is 18.9 Å². The summed E-state index contributed by atoms with van der Waals surface area (Å²) >= 11 is 0. The summed E-state index contributed by atoms with van der Waals surface area (Å²) in [6.45, 7) is 5.73. The summed E-state index contributed by atoms with van der Waals surface area (Å²) in [7, 11) is 0. The van der Waals surface area contributed by atoms with Crippen molar-refractivity contribution in [2.24, 2.45) is 5.92 Å². The molecule has 0 saturated carbocycles. The van der Waals surface area contributed by atoms with E-state index in [4.69, 9.17) is 4.74 Å². The van der Waals surface area contributed by atoms with Crippen molar-refractivity contribution >= 4 is 23.3 Å². The van der Waals surface area contributed by atoms with Crippen molar-refractivity contribution in [1.29, 1.82) is 0 Å². The quantitative estimate of drug-likeness (QED) is 0.640. The van der Waals surface area contributed by atoms with E-state index in [0.717, 1.165) is 0 Å². The van der Waals surface area contributed by atoms with Crippen LogP contribution < -0.4 is 5.32 Å². The largest absolute Gasteiger partial charge is 0.462 e. The highest BCUT2D eigenvalue weighted by Gasteiger charge is 2.16. The Morgan fingerprint density at radius 2 is 1.95 bits per heavy atom. The van der Waals surface area contributed by atoms with E-state index in [9.17, 15) is 14.4 Å². The van der Waals surface area contributed by atoms with E-state index in [1.807, 2.05) is 13.8 Å². The fourth-order valence-electron chi connectivity index (χ4n) is 1.60. The minimum absolute atomic E-state index is 0.124. The molecule has 1 N–H and O–H groups in total. The van der Waals surface area contributed by atoms with E-state index in [1.165, 1.54) is 6.07 Å². The van der Waals surface area contributed by atoms with Gasteiger partial charge in [0.15, 0.2) is 0 Å². The molecular weight excluding hydrogens is 258 g/mol. The Hall–Kier alpha value is -2.17. The number of hydrogen-bond donors (Lipinski definition) is 1. The Kier molecular flexibility index (Phi) is 5.90. The van der Waals surface area contributed by atoms with Crippen LogP contribution in [0.4, 0.5) is 5.69 Å². The average molecular weight is 277 g/mol. The highest BCUT2D eigenvalue weighted by molar-refractivity contribution is 6.40. The normalized spacial score (nSPS) is 10.2. The SMILES string of the molecule is CCOC(=O)c1cccc(NC(=O)C(=O)CC(C)C)c1. The summed E-state index contributed by atoms with van der Waals surface area (Å²) in [6.07, 6.45) is 0.198. The zero-order valence-electron chi connectivity index (χ0n) is 11.9. The standard InChI is InChI=1S/C15H19NO4/c1-4-20-15(19)11-6-5-7-12(9-11)16-14(18)13(17)8-10(2)3/h5-7,9-10H,4,8H2,1-3H3,(H,16,18). The third-order valence-corrected chi connectivity index (χ3v) is 2.48. The van der Waals surface area contributed by atoms with Crippen LogP contribution in [0.15, 0.2) is 24.3 Å². The Morgan fingerprint density at radius 3 is 2.55 bits per heavy atom. The molecule has 0 radical (unpaired) electrons. The van der Waals surface area contributed by atoms with Crippen LogP contribution in [0.1, 0.15) is 37.6 Å². The number of esters is 1. The number of hydrogen-bond acceptors (Lipinski definition) is 4. The number of Topliss-reactive ketones (excluding diaryl/α,β-unsaturated/α-hetero) is 1. The summed E-state index contributed by atoms with van der Waals surface area (Å²) < 4.78 is 4.87. The van der Waals surface area contributed by atoms with Crippen molar-refractivity contribution in [2.45, 2.75) is 27.2 Å². The van der Waals surface area contributed by atoms with Crippen molar-refractivity contribution in [1.82, 2.24) is 0 Å². The van der Waals surface area contributed by atoms with E-state index < -0.39 is 17.7 Å². The average Bonchev–Trinajstić information content (AvgIpc) is 2.38. The number of carbonyl (C=O) groups is 3. The lowest BCUT2D eigenvalue weighted by Gasteiger charge is -2.07. The van der Waals surface area contributed by atoms with Crippen molar-refractivity contribution in [3.63, 3.8) is 0 Å². The lowest BCUT2D eigenvalue weighted by atomic mass is 10.1. The number of ether oxygens (including phenoxy) is 1. The summed E-state index contributed by atoms with van der Waals surface area (Å²) in [5, 5.41) is 2.49. The van der Waals surface area contributed by atoms with Gasteiger partial charge in [0.05, 0.1) is 12.2 Å². The molecule has 0 heterocycles. The Morgan fingerprint density at radius 1 is 1.25 bits per heavy atom. The molecule has 108 valence electrons. The van der Waals surface area contributed by atoms with Crippen molar-refractivity contribution in [2.75, 3.05) is 11.9 Å². The number of nitrogens with one attached hydrogen (secondary N) is 1. The number of ketones is 1. The molecule has 0 aromatic heterocycles. The van der Waals surface area contributed by atoms with Crippen LogP contribution in [-0.2, 0) is 14.3 Å². The highest BCUT2D eigenvalue weighted by Crippen LogP contribution is 2.12.